The van der Waals surface area contributed by atoms with Gasteiger partial charge < -0.3 is 10.4 Å². The zero-order valence-corrected chi connectivity index (χ0v) is 7.96. The van der Waals surface area contributed by atoms with Gasteiger partial charge in [0.15, 0.2) is 0 Å². The van der Waals surface area contributed by atoms with Gasteiger partial charge in [-0.1, -0.05) is 6.07 Å². The minimum atomic E-state index is -0.892. The van der Waals surface area contributed by atoms with Crippen molar-refractivity contribution >= 4 is 5.91 Å². The second-order valence-electron chi connectivity index (χ2n) is 2.93. The molecule has 0 bridgehead atoms. The molecule has 0 radical (unpaired) electrons. The van der Waals surface area contributed by atoms with Gasteiger partial charge in [0.25, 0.3) is 5.91 Å². The molecule has 0 unspecified atom stereocenters. The third-order valence-electron chi connectivity index (χ3n) is 1.81. The third kappa shape index (κ3) is 2.99. The Hall–Kier alpha value is -1.49. The van der Waals surface area contributed by atoms with Gasteiger partial charge in [0.1, 0.15) is 17.2 Å². The zero-order chi connectivity index (χ0) is 11.3. The fourth-order valence-electron chi connectivity index (χ4n) is 1.08. The number of carbonyl (C=O) groups excluding carboxylic acids is 1. The van der Waals surface area contributed by atoms with Crippen molar-refractivity contribution in [3.63, 3.8) is 0 Å². The smallest absolute Gasteiger partial charge is 0.257 e. The Bertz CT molecular complexity index is 335. The fourth-order valence-corrected chi connectivity index (χ4v) is 1.08. The largest absolute Gasteiger partial charge is 0.396 e. The van der Waals surface area contributed by atoms with Gasteiger partial charge in [-0.2, -0.15) is 0 Å². The number of amides is 1. The summed E-state index contributed by atoms with van der Waals surface area (Å²) in [5, 5.41) is 10.8. The first-order chi connectivity index (χ1) is 7.16. The van der Waals surface area contributed by atoms with E-state index in [1.165, 1.54) is 6.07 Å². The predicted octanol–water partition coefficient (Wildman–Crippen LogP) is 1.08. The highest BCUT2D eigenvalue weighted by molar-refractivity contribution is 5.94. The molecule has 0 saturated carbocycles. The molecule has 1 amide bonds. The van der Waals surface area contributed by atoms with Gasteiger partial charge in [0, 0.05) is 13.2 Å². The van der Waals surface area contributed by atoms with E-state index in [0.717, 1.165) is 12.1 Å². The standard InChI is InChI=1S/C10H11F2NO2/c11-7-3-1-4-8(12)9(7)10(15)13-5-2-6-14/h1,3-4,14H,2,5-6H2,(H,13,15). The van der Waals surface area contributed by atoms with Gasteiger partial charge >= 0.3 is 0 Å². The number of aliphatic hydroxyl groups is 1. The molecule has 0 spiro atoms. The van der Waals surface area contributed by atoms with Crippen LogP contribution in [-0.2, 0) is 0 Å². The lowest BCUT2D eigenvalue weighted by Crippen LogP contribution is -2.26. The number of aliphatic hydroxyl groups excluding tert-OH is 1. The average Bonchev–Trinajstić information content (AvgIpc) is 2.18. The zero-order valence-electron chi connectivity index (χ0n) is 7.96. The molecule has 1 aromatic carbocycles. The predicted molar refractivity (Wildman–Crippen MR) is 50.4 cm³/mol. The molecular formula is C10H11F2NO2. The minimum absolute atomic E-state index is 0.0833. The van der Waals surface area contributed by atoms with Crippen LogP contribution < -0.4 is 5.32 Å². The lowest BCUT2D eigenvalue weighted by atomic mass is 10.2. The van der Waals surface area contributed by atoms with E-state index in [-0.39, 0.29) is 13.2 Å². The van der Waals surface area contributed by atoms with Crippen LogP contribution in [0.3, 0.4) is 0 Å². The van der Waals surface area contributed by atoms with Gasteiger partial charge in [0.2, 0.25) is 0 Å². The van der Waals surface area contributed by atoms with Crippen LogP contribution in [0.4, 0.5) is 8.78 Å². The molecular weight excluding hydrogens is 204 g/mol. The summed E-state index contributed by atoms with van der Waals surface area (Å²) in [5.41, 5.74) is -0.588. The molecule has 0 aliphatic heterocycles. The Morgan fingerprint density at radius 3 is 2.47 bits per heavy atom. The van der Waals surface area contributed by atoms with Gasteiger partial charge in [-0.3, -0.25) is 4.79 Å². The molecule has 0 heterocycles. The maximum Gasteiger partial charge on any atom is 0.257 e. The summed E-state index contributed by atoms with van der Waals surface area (Å²) >= 11 is 0. The molecule has 0 aromatic heterocycles. The summed E-state index contributed by atoms with van der Waals surface area (Å²) in [7, 11) is 0. The van der Waals surface area contributed by atoms with E-state index >= 15 is 0 Å². The third-order valence-corrected chi connectivity index (χ3v) is 1.81. The second kappa shape index (κ2) is 5.41. The first-order valence-corrected chi connectivity index (χ1v) is 4.50. The Morgan fingerprint density at radius 1 is 1.33 bits per heavy atom. The van der Waals surface area contributed by atoms with Gasteiger partial charge in [-0.15, -0.1) is 0 Å². The van der Waals surface area contributed by atoms with E-state index in [4.69, 9.17) is 5.11 Å². The number of hydrogen-bond donors (Lipinski definition) is 2. The molecule has 2 N–H and O–H groups in total. The molecule has 0 fully saturated rings. The maximum absolute atomic E-state index is 13.1. The quantitative estimate of drug-likeness (QED) is 0.738. The van der Waals surface area contributed by atoms with Crippen LogP contribution in [0.1, 0.15) is 16.8 Å². The van der Waals surface area contributed by atoms with E-state index in [2.05, 4.69) is 5.32 Å². The SMILES string of the molecule is O=C(NCCCO)c1c(F)cccc1F. The van der Waals surface area contributed by atoms with Crippen LogP contribution >= 0.6 is 0 Å². The van der Waals surface area contributed by atoms with Gasteiger partial charge in [-0.05, 0) is 18.6 Å². The number of rotatable bonds is 4. The fraction of sp³-hybridized carbons (Fsp3) is 0.300. The van der Waals surface area contributed by atoms with Crippen molar-refractivity contribution in [2.45, 2.75) is 6.42 Å². The molecule has 15 heavy (non-hydrogen) atoms. The van der Waals surface area contributed by atoms with E-state index < -0.39 is 23.1 Å². The second-order valence-corrected chi connectivity index (χ2v) is 2.93. The highest BCUT2D eigenvalue weighted by Crippen LogP contribution is 2.11. The molecule has 1 rings (SSSR count). The summed E-state index contributed by atoms with van der Waals surface area (Å²) in [6.45, 7) is 0.100. The van der Waals surface area contributed by atoms with Crippen molar-refractivity contribution in [1.82, 2.24) is 5.32 Å². The molecule has 0 aliphatic rings. The highest BCUT2D eigenvalue weighted by atomic mass is 19.1. The highest BCUT2D eigenvalue weighted by Gasteiger charge is 2.15. The summed E-state index contributed by atoms with van der Waals surface area (Å²) in [6, 6.07) is 3.23. The lowest BCUT2D eigenvalue weighted by molar-refractivity contribution is 0.0942. The summed E-state index contributed by atoms with van der Waals surface area (Å²) in [5.74, 6) is -2.59. The van der Waals surface area contributed by atoms with Crippen molar-refractivity contribution in [2.24, 2.45) is 0 Å². The number of carbonyl (C=O) groups is 1. The molecule has 82 valence electrons. The van der Waals surface area contributed by atoms with E-state index in [1.54, 1.807) is 0 Å². The van der Waals surface area contributed by atoms with Crippen molar-refractivity contribution in [3.8, 4) is 0 Å². The Morgan fingerprint density at radius 2 is 1.93 bits per heavy atom. The van der Waals surface area contributed by atoms with Crippen LogP contribution in [0, 0.1) is 11.6 Å². The molecule has 3 nitrogen and oxygen atoms in total. The topological polar surface area (TPSA) is 49.3 Å². The molecule has 0 aliphatic carbocycles. The summed E-state index contributed by atoms with van der Waals surface area (Å²) < 4.78 is 26.1. The molecule has 0 atom stereocenters. The van der Waals surface area contributed by atoms with Crippen LogP contribution in [-0.4, -0.2) is 24.2 Å². The monoisotopic (exact) mass is 215 g/mol. The van der Waals surface area contributed by atoms with E-state index in [9.17, 15) is 13.6 Å². The van der Waals surface area contributed by atoms with Crippen LogP contribution in [0.25, 0.3) is 0 Å². The normalized spacial score (nSPS) is 10.1. The molecule has 5 heteroatoms. The molecule has 0 saturated heterocycles. The van der Waals surface area contributed by atoms with Gasteiger partial charge in [0.05, 0.1) is 0 Å². The Kier molecular flexibility index (Phi) is 4.17. The summed E-state index contributed by atoms with van der Waals surface area (Å²) in [4.78, 5) is 11.3. The van der Waals surface area contributed by atoms with Crippen LogP contribution in [0.15, 0.2) is 18.2 Å². The van der Waals surface area contributed by atoms with Crippen LogP contribution in [0.5, 0.6) is 0 Å². The van der Waals surface area contributed by atoms with Crippen LogP contribution in [0.2, 0.25) is 0 Å². The number of benzene rings is 1. The first-order valence-electron chi connectivity index (χ1n) is 4.50. The summed E-state index contributed by atoms with van der Waals surface area (Å²) in [6.07, 6.45) is 0.349. The van der Waals surface area contributed by atoms with Crippen molar-refractivity contribution in [3.05, 3.63) is 35.4 Å². The van der Waals surface area contributed by atoms with E-state index in [0.29, 0.717) is 6.42 Å². The number of halogens is 2. The van der Waals surface area contributed by atoms with Gasteiger partial charge in [-0.25, -0.2) is 8.78 Å². The number of hydrogen-bond acceptors (Lipinski definition) is 2. The van der Waals surface area contributed by atoms with E-state index in [1.807, 2.05) is 0 Å². The average molecular weight is 215 g/mol. The molecule has 1 aromatic rings. The maximum atomic E-state index is 13.1. The minimum Gasteiger partial charge on any atom is -0.396 e. The first kappa shape index (κ1) is 11.6. The number of nitrogens with one attached hydrogen (secondary N) is 1. The lowest BCUT2D eigenvalue weighted by Gasteiger charge is -2.05. The Balaban J connectivity index is 2.73. The Labute approximate surface area is 85.7 Å². The van der Waals surface area contributed by atoms with Crippen molar-refractivity contribution in [1.29, 1.82) is 0 Å². The van der Waals surface area contributed by atoms with Crippen molar-refractivity contribution in [2.75, 3.05) is 13.2 Å². The van der Waals surface area contributed by atoms with Crippen molar-refractivity contribution < 1.29 is 18.7 Å².